The predicted molar refractivity (Wildman–Crippen MR) is 139 cm³/mol. The number of aliphatic hydroxyl groups excluding tert-OH is 1. The van der Waals surface area contributed by atoms with Gasteiger partial charge in [0.1, 0.15) is 5.75 Å². The van der Waals surface area contributed by atoms with Gasteiger partial charge in [-0.05, 0) is 33.7 Å². The molecule has 0 radical (unpaired) electrons. The normalized spacial score (nSPS) is 31.5. The first kappa shape index (κ1) is 26.6. The number of hydrogen-bond acceptors (Lipinski definition) is 8. The summed E-state index contributed by atoms with van der Waals surface area (Å²) >= 11 is 0. The minimum atomic E-state index is -2.97. The lowest BCUT2D eigenvalue weighted by Gasteiger charge is -2.51. The number of ketones is 4. The molecule has 202 valence electrons. The summed E-state index contributed by atoms with van der Waals surface area (Å²) in [6.07, 6.45) is -0.645. The molecule has 9 nitrogen and oxygen atoms in total. The topological polar surface area (TPSA) is 172 Å². The highest BCUT2D eigenvalue weighted by Crippen LogP contribution is 2.54. The number of aliphatic hydroxyl groups is 2. The van der Waals surface area contributed by atoms with Crippen molar-refractivity contribution in [1.29, 1.82) is 0 Å². The molecule has 1 amide bonds. The van der Waals surface area contributed by atoms with Gasteiger partial charge in [-0.3, -0.25) is 24.0 Å². The zero-order valence-electron chi connectivity index (χ0n) is 21.7. The average molecular weight is 532 g/mol. The average Bonchev–Trinajstić information content (AvgIpc) is 2.85. The van der Waals surface area contributed by atoms with Crippen LogP contribution in [-0.2, 0) is 24.6 Å². The summed E-state index contributed by atoms with van der Waals surface area (Å²) in [7, 11) is 0. The Morgan fingerprint density at radius 1 is 1.03 bits per heavy atom. The summed E-state index contributed by atoms with van der Waals surface area (Å²) in [6, 6.07) is 11.9. The van der Waals surface area contributed by atoms with Crippen LogP contribution in [0.1, 0.15) is 54.2 Å². The Bertz CT molecular complexity index is 1480. The minimum Gasteiger partial charge on any atom is -0.507 e. The fourth-order valence-corrected chi connectivity index (χ4v) is 6.29. The number of amides is 1. The Morgan fingerprint density at radius 3 is 2.26 bits per heavy atom. The van der Waals surface area contributed by atoms with E-state index in [9.17, 15) is 39.3 Å². The van der Waals surface area contributed by atoms with E-state index < -0.39 is 76.6 Å². The fraction of sp³-hybridized carbons (Fsp3) is 0.367. The summed E-state index contributed by atoms with van der Waals surface area (Å²) in [4.78, 5) is 65.3. The molecular weight excluding hydrogens is 502 g/mol. The van der Waals surface area contributed by atoms with E-state index in [1.807, 2.05) is 24.3 Å². The zero-order chi connectivity index (χ0) is 28.6. The summed E-state index contributed by atoms with van der Waals surface area (Å²) < 4.78 is 0. The number of phenols is 1. The monoisotopic (exact) mass is 531 g/mol. The largest absolute Gasteiger partial charge is 0.507 e. The number of benzene rings is 2. The number of carbonyl (C=O) groups excluding carboxylic acids is 5. The SMILES string of the molecule is CC(C)(C)c1ccc(/C=C2\c3cccc(O)c3C(=O)C3C(=O)C4(O)C(=O)C(C(N)=O)C(=O)CC4C(O)C23)cc1. The molecule has 3 aliphatic carbocycles. The number of primary amides is 1. The molecule has 3 aliphatic rings. The van der Waals surface area contributed by atoms with Gasteiger partial charge in [-0.25, -0.2) is 0 Å². The van der Waals surface area contributed by atoms with Crippen LogP contribution < -0.4 is 5.73 Å². The molecule has 9 heteroatoms. The molecule has 0 heterocycles. The maximum absolute atomic E-state index is 13.9. The third kappa shape index (κ3) is 3.79. The van der Waals surface area contributed by atoms with Crippen molar-refractivity contribution >= 4 is 40.7 Å². The Hall–Kier alpha value is -3.95. The highest BCUT2D eigenvalue weighted by Gasteiger charge is 2.69. The number of fused-ring (bicyclic) bond motifs is 3. The number of carbonyl (C=O) groups is 5. The molecule has 0 aliphatic heterocycles. The van der Waals surface area contributed by atoms with E-state index in [1.165, 1.54) is 12.1 Å². The molecule has 5 rings (SSSR count). The Morgan fingerprint density at radius 2 is 1.67 bits per heavy atom. The van der Waals surface area contributed by atoms with Gasteiger partial charge in [0.2, 0.25) is 5.91 Å². The van der Waals surface area contributed by atoms with Crippen LogP contribution >= 0.6 is 0 Å². The van der Waals surface area contributed by atoms with Crippen LogP contribution in [0.4, 0.5) is 0 Å². The maximum atomic E-state index is 13.9. The third-order valence-corrected chi connectivity index (χ3v) is 8.34. The number of Topliss-reactive ketones (excluding diaryl/α,β-unsaturated/α-hetero) is 4. The number of rotatable bonds is 2. The quantitative estimate of drug-likeness (QED) is 0.423. The Kier molecular flexibility index (Phi) is 6.01. The Labute approximate surface area is 224 Å². The van der Waals surface area contributed by atoms with Crippen LogP contribution in [0.15, 0.2) is 42.5 Å². The molecular formula is C30H29NO8. The van der Waals surface area contributed by atoms with Crippen LogP contribution in [0.25, 0.3) is 11.6 Å². The molecule has 2 aromatic carbocycles. The van der Waals surface area contributed by atoms with Crippen LogP contribution in [0.5, 0.6) is 5.75 Å². The van der Waals surface area contributed by atoms with Crippen LogP contribution in [0, 0.1) is 23.7 Å². The van der Waals surface area contributed by atoms with Crippen molar-refractivity contribution in [1.82, 2.24) is 0 Å². The van der Waals surface area contributed by atoms with E-state index in [0.29, 0.717) is 16.7 Å². The van der Waals surface area contributed by atoms with Gasteiger partial charge in [0, 0.05) is 18.3 Å². The van der Waals surface area contributed by atoms with E-state index >= 15 is 0 Å². The van der Waals surface area contributed by atoms with Gasteiger partial charge in [-0.2, -0.15) is 0 Å². The summed E-state index contributed by atoms with van der Waals surface area (Å²) in [5.41, 5.74) is 4.36. The highest BCUT2D eigenvalue weighted by molar-refractivity contribution is 6.32. The molecule has 2 saturated carbocycles. The van der Waals surface area contributed by atoms with Gasteiger partial charge in [-0.15, -0.1) is 0 Å². The lowest BCUT2D eigenvalue weighted by atomic mass is 9.51. The smallest absolute Gasteiger partial charge is 0.235 e. The first-order valence-corrected chi connectivity index (χ1v) is 12.7. The Balaban J connectivity index is 1.71. The molecule has 39 heavy (non-hydrogen) atoms. The first-order valence-electron chi connectivity index (χ1n) is 12.7. The van der Waals surface area contributed by atoms with Crippen LogP contribution in [-0.4, -0.2) is 56.1 Å². The second kappa shape index (κ2) is 8.79. The van der Waals surface area contributed by atoms with Gasteiger partial charge in [0.15, 0.2) is 34.7 Å². The van der Waals surface area contributed by atoms with Crippen LogP contribution in [0.2, 0.25) is 0 Å². The number of hydrogen-bond donors (Lipinski definition) is 4. The summed E-state index contributed by atoms with van der Waals surface area (Å²) in [6.45, 7) is 6.20. The van der Waals surface area contributed by atoms with Gasteiger partial charge < -0.3 is 21.1 Å². The standard InChI is InChI=1S/C30H29NO8/c1-29(2,3)14-9-7-13(8-10-14)11-16-15-5-4-6-18(32)20(15)25(35)23-21(16)24(34)17-12-19(33)22(28(31)38)26(36)30(17,39)27(23)37/h4-11,17,21-24,32,34,39H,12H2,1-3H3,(H2,31,38)/b16-11+. The van der Waals surface area contributed by atoms with Gasteiger partial charge in [-0.1, -0.05) is 63.2 Å². The fourth-order valence-electron chi connectivity index (χ4n) is 6.29. The van der Waals surface area contributed by atoms with Crippen molar-refractivity contribution in [3.63, 3.8) is 0 Å². The highest BCUT2D eigenvalue weighted by atomic mass is 16.3. The number of nitrogens with two attached hydrogens (primary N) is 1. The van der Waals surface area contributed by atoms with Crippen LogP contribution in [0.3, 0.4) is 0 Å². The van der Waals surface area contributed by atoms with E-state index in [2.05, 4.69) is 20.8 Å². The summed E-state index contributed by atoms with van der Waals surface area (Å²) in [5.74, 6) is -12.8. The molecule has 2 fully saturated rings. The number of aromatic hydroxyl groups is 1. The van der Waals surface area contributed by atoms with E-state index in [1.54, 1.807) is 12.1 Å². The predicted octanol–water partition coefficient (Wildman–Crippen LogP) is 1.59. The van der Waals surface area contributed by atoms with Crippen molar-refractivity contribution in [3.8, 4) is 5.75 Å². The first-order chi connectivity index (χ1) is 18.2. The van der Waals surface area contributed by atoms with E-state index in [-0.39, 0.29) is 11.0 Å². The van der Waals surface area contributed by atoms with Crippen molar-refractivity contribution in [3.05, 3.63) is 64.7 Å². The molecule has 0 saturated heterocycles. The lowest BCUT2D eigenvalue weighted by Crippen LogP contribution is -2.72. The lowest BCUT2D eigenvalue weighted by molar-refractivity contribution is -0.185. The minimum absolute atomic E-state index is 0.105. The van der Waals surface area contributed by atoms with E-state index in [0.717, 1.165) is 5.56 Å². The van der Waals surface area contributed by atoms with E-state index in [4.69, 9.17) is 5.73 Å². The molecule has 6 atom stereocenters. The molecule has 0 aromatic heterocycles. The molecule has 6 unspecified atom stereocenters. The molecule has 0 bridgehead atoms. The molecule has 0 spiro atoms. The van der Waals surface area contributed by atoms with Gasteiger partial charge in [0.05, 0.1) is 17.6 Å². The second-order valence-corrected chi connectivity index (χ2v) is 11.6. The third-order valence-electron chi connectivity index (χ3n) is 8.34. The van der Waals surface area contributed by atoms with Gasteiger partial charge in [0.25, 0.3) is 0 Å². The molecule has 5 N–H and O–H groups in total. The van der Waals surface area contributed by atoms with Crippen molar-refractivity contribution in [2.45, 2.75) is 44.3 Å². The van der Waals surface area contributed by atoms with Crippen molar-refractivity contribution < 1.29 is 39.3 Å². The number of phenolic OH excluding ortho intramolecular Hbond substituents is 1. The van der Waals surface area contributed by atoms with Crippen molar-refractivity contribution in [2.75, 3.05) is 0 Å². The maximum Gasteiger partial charge on any atom is 0.235 e. The second-order valence-electron chi connectivity index (χ2n) is 11.6. The molecule has 2 aromatic rings. The zero-order valence-corrected chi connectivity index (χ0v) is 21.7. The summed E-state index contributed by atoms with van der Waals surface area (Å²) in [5, 5.41) is 33.6. The van der Waals surface area contributed by atoms with Gasteiger partial charge >= 0.3 is 0 Å². The van der Waals surface area contributed by atoms with Crippen molar-refractivity contribution in [2.24, 2.45) is 29.4 Å².